The molecule has 0 saturated heterocycles. The predicted molar refractivity (Wildman–Crippen MR) is 105 cm³/mol. The number of aromatic amines is 1. The zero-order valence-corrected chi connectivity index (χ0v) is 15.6. The van der Waals surface area contributed by atoms with Crippen molar-refractivity contribution in [3.8, 4) is 0 Å². The maximum atomic E-state index is 12.3. The standard InChI is InChI=1S/C20H18F2N2O3S/c21-20(22)28-15-8-6-14(7-9-15)24-18(25)12-27-19(26)10-5-13-11-23-17-4-2-1-3-16(13)17/h1-4,6-9,11,20,23H,5,10,12H2,(H,24,25). The molecule has 8 heteroatoms. The second kappa shape index (κ2) is 9.36. The lowest BCUT2D eigenvalue weighted by molar-refractivity contribution is -0.147. The van der Waals surface area contributed by atoms with E-state index in [1.54, 1.807) is 0 Å². The van der Waals surface area contributed by atoms with Crippen molar-refractivity contribution in [2.75, 3.05) is 11.9 Å². The van der Waals surface area contributed by atoms with Gasteiger partial charge in [0.1, 0.15) is 0 Å². The molecule has 28 heavy (non-hydrogen) atoms. The monoisotopic (exact) mass is 404 g/mol. The predicted octanol–water partition coefficient (Wildman–Crippen LogP) is 4.60. The molecule has 0 bridgehead atoms. The minimum absolute atomic E-state index is 0.161. The number of hydrogen-bond donors (Lipinski definition) is 2. The van der Waals surface area contributed by atoms with Gasteiger partial charge in [0.15, 0.2) is 6.61 Å². The number of amides is 1. The van der Waals surface area contributed by atoms with E-state index < -0.39 is 24.2 Å². The fraction of sp³-hybridized carbons (Fsp3) is 0.200. The van der Waals surface area contributed by atoms with Crippen LogP contribution < -0.4 is 5.32 Å². The van der Waals surface area contributed by atoms with Crippen LogP contribution in [0.3, 0.4) is 0 Å². The van der Waals surface area contributed by atoms with Gasteiger partial charge >= 0.3 is 5.97 Å². The molecule has 2 N–H and O–H groups in total. The van der Waals surface area contributed by atoms with E-state index in [1.807, 2.05) is 30.5 Å². The zero-order chi connectivity index (χ0) is 19.9. The van der Waals surface area contributed by atoms with Gasteiger partial charge in [0.05, 0.1) is 0 Å². The van der Waals surface area contributed by atoms with Crippen LogP contribution >= 0.6 is 11.8 Å². The first kappa shape index (κ1) is 19.9. The molecule has 1 aromatic heterocycles. The molecule has 0 fully saturated rings. The third kappa shape index (κ3) is 5.56. The molecule has 0 atom stereocenters. The number of halogens is 2. The van der Waals surface area contributed by atoms with E-state index in [-0.39, 0.29) is 6.42 Å². The molecule has 146 valence electrons. The van der Waals surface area contributed by atoms with E-state index in [9.17, 15) is 18.4 Å². The largest absolute Gasteiger partial charge is 0.456 e. The summed E-state index contributed by atoms with van der Waals surface area (Å²) in [6, 6.07) is 13.8. The highest BCUT2D eigenvalue weighted by atomic mass is 32.2. The highest BCUT2D eigenvalue weighted by Crippen LogP contribution is 2.26. The molecule has 1 heterocycles. The van der Waals surface area contributed by atoms with Crippen LogP contribution in [0.1, 0.15) is 12.0 Å². The fourth-order valence-corrected chi connectivity index (χ4v) is 3.21. The number of benzene rings is 2. The van der Waals surface area contributed by atoms with E-state index in [0.29, 0.717) is 28.8 Å². The minimum atomic E-state index is -2.50. The van der Waals surface area contributed by atoms with E-state index >= 15 is 0 Å². The Kier molecular flexibility index (Phi) is 6.65. The quantitative estimate of drug-likeness (QED) is 0.425. The highest BCUT2D eigenvalue weighted by molar-refractivity contribution is 7.99. The molecule has 3 aromatic rings. The number of H-pyrrole nitrogens is 1. The number of nitrogens with one attached hydrogen (secondary N) is 2. The third-order valence-electron chi connectivity index (χ3n) is 4.00. The van der Waals surface area contributed by atoms with E-state index in [1.165, 1.54) is 24.3 Å². The van der Waals surface area contributed by atoms with Crippen LogP contribution in [0.2, 0.25) is 0 Å². The van der Waals surface area contributed by atoms with E-state index in [0.717, 1.165) is 16.5 Å². The highest BCUT2D eigenvalue weighted by Gasteiger charge is 2.11. The average Bonchev–Trinajstić information content (AvgIpc) is 3.09. The van der Waals surface area contributed by atoms with Gasteiger partial charge in [-0.05, 0) is 42.3 Å². The number of fused-ring (bicyclic) bond motifs is 1. The maximum Gasteiger partial charge on any atom is 0.306 e. The summed E-state index contributed by atoms with van der Waals surface area (Å²) < 4.78 is 29.6. The smallest absolute Gasteiger partial charge is 0.306 e. The summed E-state index contributed by atoms with van der Waals surface area (Å²) >= 11 is 0.427. The number of para-hydroxylation sites is 1. The molecule has 0 unspecified atom stereocenters. The van der Waals surface area contributed by atoms with Gasteiger partial charge in [-0.3, -0.25) is 9.59 Å². The Morgan fingerprint density at radius 2 is 1.86 bits per heavy atom. The molecule has 0 radical (unpaired) electrons. The SMILES string of the molecule is O=C(COC(=O)CCc1c[nH]c2ccccc12)Nc1ccc(SC(F)F)cc1. The molecule has 3 rings (SSSR count). The van der Waals surface area contributed by atoms with Crippen molar-refractivity contribution in [2.45, 2.75) is 23.5 Å². The van der Waals surface area contributed by atoms with Gasteiger partial charge in [-0.1, -0.05) is 30.0 Å². The molecule has 0 aliphatic carbocycles. The van der Waals surface area contributed by atoms with Crippen molar-refractivity contribution in [1.82, 2.24) is 4.98 Å². The lowest BCUT2D eigenvalue weighted by Gasteiger charge is -2.07. The minimum Gasteiger partial charge on any atom is -0.456 e. The first-order valence-corrected chi connectivity index (χ1v) is 9.44. The molecule has 0 spiro atoms. The number of carbonyl (C=O) groups excluding carboxylic acids is 2. The molecule has 0 aliphatic rings. The number of thioether (sulfide) groups is 1. The summed E-state index contributed by atoms with van der Waals surface area (Å²) in [5, 5.41) is 3.61. The maximum absolute atomic E-state index is 12.3. The van der Waals surface area contributed by atoms with Crippen molar-refractivity contribution in [1.29, 1.82) is 0 Å². The molecule has 0 aliphatic heterocycles. The molecule has 0 saturated carbocycles. The summed E-state index contributed by atoms with van der Waals surface area (Å²) in [5.41, 5.74) is 2.46. The number of hydrogen-bond acceptors (Lipinski definition) is 4. The number of alkyl halides is 2. The Morgan fingerprint density at radius 1 is 1.11 bits per heavy atom. The number of carbonyl (C=O) groups is 2. The second-order valence-electron chi connectivity index (χ2n) is 5.97. The van der Waals surface area contributed by atoms with Crippen molar-refractivity contribution in [3.05, 3.63) is 60.3 Å². The van der Waals surface area contributed by atoms with Gasteiger partial charge in [-0.25, -0.2) is 0 Å². The Balaban J connectivity index is 1.42. The van der Waals surface area contributed by atoms with Gasteiger partial charge in [0, 0.05) is 34.1 Å². The van der Waals surface area contributed by atoms with Crippen LogP contribution in [0, 0.1) is 0 Å². The Morgan fingerprint density at radius 3 is 2.61 bits per heavy atom. The number of anilines is 1. The van der Waals surface area contributed by atoms with E-state index in [2.05, 4.69) is 10.3 Å². The zero-order valence-electron chi connectivity index (χ0n) is 14.8. The van der Waals surface area contributed by atoms with Gasteiger partial charge in [0.25, 0.3) is 11.7 Å². The first-order chi connectivity index (χ1) is 13.5. The Bertz CT molecular complexity index is 957. The third-order valence-corrected chi connectivity index (χ3v) is 4.72. The van der Waals surface area contributed by atoms with Crippen LogP contribution in [0.25, 0.3) is 10.9 Å². The number of aryl methyl sites for hydroxylation is 1. The lowest BCUT2D eigenvalue weighted by Crippen LogP contribution is -2.21. The van der Waals surface area contributed by atoms with Crippen LogP contribution in [0.15, 0.2) is 59.6 Å². The molecule has 2 aromatic carbocycles. The van der Waals surface area contributed by atoms with Crippen molar-refractivity contribution in [2.24, 2.45) is 0 Å². The van der Waals surface area contributed by atoms with Crippen LogP contribution in [0.5, 0.6) is 0 Å². The lowest BCUT2D eigenvalue weighted by atomic mass is 10.1. The van der Waals surface area contributed by atoms with Gasteiger partial charge in [0.2, 0.25) is 0 Å². The summed E-state index contributed by atoms with van der Waals surface area (Å²) in [7, 11) is 0. The number of ether oxygens (including phenoxy) is 1. The summed E-state index contributed by atoms with van der Waals surface area (Å²) in [5.74, 6) is -3.46. The van der Waals surface area contributed by atoms with Crippen LogP contribution in [-0.2, 0) is 20.7 Å². The normalized spacial score (nSPS) is 11.0. The first-order valence-electron chi connectivity index (χ1n) is 8.56. The van der Waals surface area contributed by atoms with Crippen LogP contribution in [-0.4, -0.2) is 29.2 Å². The topological polar surface area (TPSA) is 71.2 Å². The van der Waals surface area contributed by atoms with Crippen molar-refractivity contribution >= 4 is 40.2 Å². The number of esters is 1. The van der Waals surface area contributed by atoms with Crippen molar-refractivity contribution < 1.29 is 23.1 Å². The Labute approximate surface area is 164 Å². The van der Waals surface area contributed by atoms with E-state index in [4.69, 9.17) is 4.74 Å². The number of rotatable bonds is 8. The van der Waals surface area contributed by atoms with Crippen molar-refractivity contribution in [3.63, 3.8) is 0 Å². The summed E-state index contributed by atoms with van der Waals surface area (Å²) in [4.78, 5) is 27.3. The summed E-state index contributed by atoms with van der Waals surface area (Å²) in [6.07, 6.45) is 2.53. The fourth-order valence-electron chi connectivity index (χ4n) is 2.71. The van der Waals surface area contributed by atoms with Crippen LogP contribution in [0.4, 0.5) is 14.5 Å². The average molecular weight is 404 g/mol. The Hall–Kier alpha value is -2.87. The second-order valence-corrected chi connectivity index (χ2v) is 7.03. The molecule has 1 amide bonds. The van der Waals surface area contributed by atoms with Gasteiger partial charge in [-0.2, -0.15) is 8.78 Å². The number of aromatic nitrogens is 1. The van der Waals surface area contributed by atoms with Gasteiger partial charge in [-0.15, -0.1) is 0 Å². The molecule has 5 nitrogen and oxygen atoms in total. The summed E-state index contributed by atoms with van der Waals surface area (Å²) in [6.45, 7) is -0.403. The van der Waals surface area contributed by atoms with Gasteiger partial charge < -0.3 is 15.0 Å². The molecular formula is C20H18F2N2O3S. The molecular weight excluding hydrogens is 386 g/mol.